The van der Waals surface area contributed by atoms with E-state index < -0.39 is 0 Å². The maximum atomic E-state index is 11.0. The van der Waals surface area contributed by atoms with Crippen LogP contribution in [0.4, 0.5) is 0 Å². The van der Waals surface area contributed by atoms with Gasteiger partial charge in [-0.25, -0.2) is 0 Å². The number of rotatable bonds is 0. The van der Waals surface area contributed by atoms with E-state index in [2.05, 4.69) is 19.9 Å². The number of benzene rings is 1. The van der Waals surface area contributed by atoms with Crippen molar-refractivity contribution in [2.45, 2.75) is 41.0 Å². The van der Waals surface area contributed by atoms with E-state index in [1.165, 1.54) is 6.42 Å². The molecule has 1 radical (unpaired) electrons. The first-order valence-corrected chi connectivity index (χ1v) is 6.10. The van der Waals surface area contributed by atoms with Crippen LogP contribution in [0.25, 0.3) is 11.0 Å². The molecule has 0 amide bonds. The van der Waals surface area contributed by atoms with Gasteiger partial charge in [-0.05, 0) is 0 Å². The van der Waals surface area contributed by atoms with Gasteiger partial charge in [-0.15, -0.1) is 23.6 Å². The van der Waals surface area contributed by atoms with Crippen LogP contribution in [-0.2, 0) is 32.7 Å². The summed E-state index contributed by atoms with van der Waals surface area (Å²) in [6.07, 6.45) is 1.25. The second kappa shape index (κ2) is 11.6. The maximum absolute atomic E-state index is 11.0. The Morgan fingerprint density at radius 3 is 2.22 bits per heavy atom. The Balaban J connectivity index is 0. The van der Waals surface area contributed by atoms with Crippen LogP contribution in [-0.4, -0.2) is 0 Å². The summed E-state index contributed by atoms with van der Waals surface area (Å²) in [6, 6.07) is 10.3. The van der Waals surface area contributed by atoms with Gasteiger partial charge in [0.05, 0.1) is 0 Å². The average molecular weight is 322 g/mol. The van der Waals surface area contributed by atoms with E-state index in [0.717, 1.165) is 5.39 Å². The van der Waals surface area contributed by atoms with Gasteiger partial charge in [-0.2, -0.15) is 0 Å². The Morgan fingerprint density at radius 1 is 1.17 bits per heavy atom. The minimum absolute atomic E-state index is 0. The second-order valence-corrected chi connectivity index (χ2v) is 3.34. The van der Waals surface area contributed by atoms with E-state index in [9.17, 15) is 4.79 Å². The standard InChI is InChI=1S/C10H7O2.C3H8.C2H6.Y/c1-7-6-8-4-2-3-5-9(8)12-10(7)11;1-3-2;1-2;/h2-5H,1H3;3H2,1-2H3;1-2H3;/q-1;;;. The molecule has 0 aliphatic rings. The van der Waals surface area contributed by atoms with E-state index in [0.29, 0.717) is 11.1 Å². The van der Waals surface area contributed by atoms with Crippen molar-refractivity contribution in [3.63, 3.8) is 0 Å². The number of aryl methyl sites for hydroxylation is 1. The summed E-state index contributed by atoms with van der Waals surface area (Å²) in [5, 5.41) is 0.842. The molecule has 0 saturated heterocycles. The molecule has 0 unspecified atom stereocenters. The van der Waals surface area contributed by atoms with Crippen LogP contribution >= 0.6 is 0 Å². The number of fused-ring (bicyclic) bond motifs is 1. The third-order valence-electron chi connectivity index (χ3n) is 1.72. The molecule has 0 aliphatic heterocycles. The number of hydrogen-bond donors (Lipinski definition) is 0. The van der Waals surface area contributed by atoms with Crippen molar-refractivity contribution in [1.82, 2.24) is 0 Å². The van der Waals surface area contributed by atoms with E-state index in [1.54, 1.807) is 13.0 Å². The Labute approximate surface area is 135 Å². The topological polar surface area (TPSA) is 30.2 Å². The predicted octanol–water partition coefficient (Wildman–Crippen LogP) is 4.34. The van der Waals surface area contributed by atoms with Gasteiger partial charge in [0.2, 0.25) is 0 Å². The van der Waals surface area contributed by atoms with Crippen molar-refractivity contribution >= 4 is 11.0 Å². The first kappa shape index (κ1) is 19.9. The summed E-state index contributed by atoms with van der Waals surface area (Å²) < 4.78 is 5.01. The zero-order valence-electron chi connectivity index (χ0n) is 11.9. The molecular formula is C15H21O2Y-. The fraction of sp³-hybridized carbons (Fsp3) is 0.400. The van der Waals surface area contributed by atoms with Gasteiger partial charge >= 0.3 is 0 Å². The Kier molecular flexibility index (Phi) is 12.8. The fourth-order valence-electron chi connectivity index (χ4n) is 1.09. The van der Waals surface area contributed by atoms with Crippen LogP contribution in [0.3, 0.4) is 0 Å². The van der Waals surface area contributed by atoms with Crippen LogP contribution in [0.5, 0.6) is 0 Å². The first-order chi connectivity index (χ1) is 8.19. The van der Waals surface area contributed by atoms with E-state index >= 15 is 0 Å². The third-order valence-corrected chi connectivity index (χ3v) is 1.72. The molecule has 0 atom stereocenters. The molecule has 2 aromatic rings. The van der Waals surface area contributed by atoms with Gasteiger partial charge in [0.25, 0.3) is 5.63 Å². The second-order valence-electron chi connectivity index (χ2n) is 3.34. The van der Waals surface area contributed by atoms with Crippen LogP contribution in [0.15, 0.2) is 33.5 Å². The number of hydrogen-bond acceptors (Lipinski definition) is 2. The molecule has 0 N–H and O–H groups in total. The molecule has 0 aliphatic carbocycles. The van der Waals surface area contributed by atoms with Gasteiger partial charge in [-0.1, -0.05) is 58.7 Å². The molecule has 97 valence electrons. The molecule has 0 fully saturated rings. The van der Waals surface area contributed by atoms with Gasteiger partial charge in [-0.3, -0.25) is 0 Å². The summed E-state index contributed by atoms with van der Waals surface area (Å²) in [5.74, 6) is 0. The smallest absolute Gasteiger partial charge is 0.251 e. The van der Waals surface area contributed by atoms with E-state index in [1.807, 2.05) is 32.0 Å². The van der Waals surface area contributed by atoms with Crippen LogP contribution in [0.1, 0.15) is 39.7 Å². The summed E-state index contributed by atoms with van der Waals surface area (Å²) in [7, 11) is 0. The van der Waals surface area contributed by atoms with Crippen LogP contribution in [0.2, 0.25) is 0 Å². The molecule has 18 heavy (non-hydrogen) atoms. The maximum Gasteiger partial charge on any atom is 0.251 e. The van der Waals surface area contributed by atoms with Crippen molar-refractivity contribution in [2.75, 3.05) is 0 Å². The molecule has 2 nitrogen and oxygen atoms in total. The minimum atomic E-state index is -0.311. The molecule has 1 heterocycles. The van der Waals surface area contributed by atoms with Crippen LogP contribution in [0, 0.1) is 13.0 Å². The van der Waals surface area contributed by atoms with Crippen molar-refractivity contribution < 1.29 is 37.1 Å². The third kappa shape index (κ3) is 6.46. The largest absolute Gasteiger partial charge is 0.515 e. The number of para-hydroxylation sites is 1. The summed E-state index contributed by atoms with van der Waals surface area (Å²) in [4.78, 5) is 11.0. The quantitative estimate of drug-likeness (QED) is 0.533. The molecule has 0 bridgehead atoms. The SMILES string of the molecule is CC.CCC.Cc1[c-]c2ccccc2oc1=O.[Y]. The Bertz CT molecular complexity index is 489. The van der Waals surface area contributed by atoms with E-state index in [-0.39, 0.29) is 38.3 Å². The first-order valence-electron chi connectivity index (χ1n) is 6.10. The monoisotopic (exact) mass is 322 g/mol. The summed E-state index contributed by atoms with van der Waals surface area (Å²) in [5.41, 5.74) is 0.801. The zero-order chi connectivity index (χ0) is 13.3. The molecule has 0 spiro atoms. The van der Waals surface area contributed by atoms with Crippen molar-refractivity contribution in [3.8, 4) is 0 Å². The van der Waals surface area contributed by atoms with Crippen LogP contribution < -0.4 is 5.63 Å². The minimum Gasteiger partial charge on any atom is -0.515 e. The molecule has 0 saturated carbocycles. The van der Waals surface area contributed by atoms with Gasteiger partial charge < -0.3 is 9.21 Å². The molecule has 3 heteroatoms. The summed E-state index contributed by atoms with van der Waals surface area (Å²) in [6.45, 7) is 9.94. The van der Waals surface area contributed by atoms with Crippen molar-refractivity contribution in [2.24, 2.45) is 0 Å². The predicted molar refractivity (Wildman–Crippen MR) is 73.4 cm³/mol. The van der Waals surface area contributed by atoms with Gasteiger partial charge in [0.15, 0.2) is 0 Å². The molecule has 1 aromatic carbocycles. The summed E-state index contributed by atoms with van der Waals surface area (Å²) >= 11 is 0. The van der Waals surface area contributed by atoms with Crippen molar-refractivity contribution in [1.29, 1.82) is 0 Å². The molecular weight excluding hydrogens is 301 g/mol. The average Bonchev–Trinajstić information content (AvgIpc) is 2.34. The molecule has 1 aromatic heterocycles. The zero-order valence-corrected chi connectivity index (χ0v) is 14.7. The Hall–Kier alpha value is -0.466. The van der Waals surface area contributed by atoms with Gasteiger partial charge in [0, 0.05) is 38.3 Å². The Morgan fingerprint density at radius 2 is 1.67 bits per heavy atom. The molecule has 2 rings (SSSR count). The van der Waals surface area contributed by atoms with Crippen molar-refractivity contribution in [3.05, 3.63) is 46.3 Å². The van der Waals surface area contributed by atoms with Gasteiger partial charge in [0.1, 0.15) is 0 Å². The fourth-order valence-corrected chi connectivity index (χ4v) is 1.09. The normalized spacial score (nSPS) is 8.28. The van der Waals surface area contributed by atoms with E-state index in [4.69, 9.17) is 4.42 Å².